The average Bonchev–Trinajstić information content (AvgIpc) is 2.53. The summed E-state index contributed by atoms with van der Waals surface area (Å²) < 4.78 is 5.02. The van der Waals surface area contributed by atoms with Crippen molar-refractivity contribution in [2.45, 2.75) is 20.3 Å². The molecule has 2 rings (SSSR count). The van der Waals surface area contributed by atoms with Crippen molar-refractivity contribution in [3.05, 3.63) is 40.3 Å². The summed E-state index contributed by atoms with van der Waals surface area (Å²) in [5.74, 6) is -0.810. The maximum atomic E-state index is 12.4. The number of amides is 2. The van der Waals surface area contributed by atoms with Crippen LogP contribution in [-0.4, -0.2) is 30.5 Å². The van der Waals surface area contributed by atoms with Crippen molar-refractivity contribution in [2.24, 2.45) is 11.1 Å². The molecule has 2 amide bonds. The van der Waals surface area contributed by atoms with Crippen LogP contribution in [0.25, 0.3) is 10.8 Å². The van der Waals surface area contributed by atoms with Gasteiger partial charge in [0.05, 0.1) is 5.56 Å². The highest BCUT2D eigenvalue weighted by atomic mass is 16.5. The van der Waals surface area contributed by atoms with Crippen molar-refractivity contribution in [3.8, 4) is 0 Å². The largest absolute Gasteiger partial charge is 0.385 e. The van der Waals surface area contributed by atoms with E-state index in [-0.39, 0.29) is 17.0 Å². The number of benzene rings is 1. The molecule has 0 aliphatic rings. The number of rotatable bonds is 6. The van der Waals surface area contributed by atoms with Crippen LogP contribution in [0.1, 0.15) is 30.6 Å². The summed E-state index contributed by atoms with van der Waals surface area (Å²) in [5.41, 5.74) is 5.04. The van der Waals surface area contributed by atoms with Gasteiger partial charge in [0, 0.05) is 41.8 Å². The Kier molecular flexibility index (Phi) is 5.04. The van der Waals surface area contributed by atoms with E-state index in [1.54, 1.807) is 19.2 Å². The number of carbonyl (C=O) groups is 2. The summed E-state index contributed by atoms with van der Waals surface area (Å²) in [4.78, 5) is 38.3. The van der Waals surface area contributed by atoms with Gasteiger partial charge in [-0.1, -0.05) is 19.9 Å². The molecule has 0 bridgehead atoms. The first kappa shape index (κ1) is 17.7. The van der Waals surface area contributed by atoms with E-state index < -0.39 is 11.3 Å². The van der Waals surface area contributed by atoms with E-state index in [4.69, 9.17) is 10.5 Å². The number of hydrogen-bond acceptors (Lipinski definition) is 4. The number of nitrogens with two attached hydrogens (primary N) is 1. The number of H-pyrrole nitrogens is 1. The summed E-state index contributed by atoms with van der Waals surface area (Å²) in [7, 11) is 1.58. The van der Waals surface area contributed by atoms with E-state index in [1.165, 1.54) is 12.3 Å². The van der Waals surface area contributed by atoms with Crippen LogP contribution in [0.15, 0.2) is 29.2 Å². The summed E-state index contributed by atoms with van der Waals surface area (Å²) in [5, 5.41) is 3.53. The molecule has 128 valence electrons. The van der Waals surface area contributed by atoms with Gasteiger partial charge < -0.3 is 20.8 Å². The van der Waals surface area contributed by atoms with Crippen molar-refractivity contribution in [2.75, 3.05) is 19.0 Å². The molecule has 0 spiro atoms. The lowest BCUT2D eigenvalue weighted by molar-refractivity contribution is -0.124. The number of aromatic nitrogens is 1. The third-order valence-corrected chi connectivity index (χ3v) is 3.97. The molecule has 7 nitrogen and oxygen atoms in total. The average molecular weight is 331 g/mol. The van der Waals surface area contributed by atoms with Gasteiger partial charge in [-0.15, -0.1) is 0 Å². The Bertz CT molecular complexity index is 839. The van der Waals surface area contributed by atoms with Gasteiger partial charge in [0.1, 0.15) is 0 Å². The van der Waals surface area contributed by atoms with E-state index in [1.807, 2.05) is 13.8 Å². The minimum Gasteiger partial charge on any atom is -0.385 e. The maximum absolute atomic E-state index is 12.4. The molecule has 0 aliphatic carbocycles. The fourth-order valence-corrected chi connectivity index (χ4v) is 2.31. The van der Waals surface area contributed by atoms with Gasteiger partial charge in [0.25, 0.3) is 11.5 Å². The van der Waals surface area contributed by atoms with Crippen molar-refractivity contribution in [1.29, 1.82) is 0 Å². The Morgan fingerprint density at radius 2 is 2.00 bits per heavy atom. The molecule has 0 aliphatic heterocycles. The van der Waals surface area contributed by atoms with Gasteiger partial charge in [0.15, 0.2) is 0 Å². The molecular formula is C17H21N3O4. The first-order valence-corrected chi connectivity index (χ1v) is 7.52. The number of hydrogen-bond donors (Lipinski definition) is 3. The maximum Gasteiger partial charge on any atom is 0.255 e. The zero-order valence-corrected chi connectivity index (χ0v) is 13.9. The Hall–Kier alpha value is -2.67. The Labute approximate surface area is 139 Å². The normalized spacial score (nSPS) is 11.5. The lowest BCUT2D eigenvalue weighted by Gasteiger charge is -2.23. The smallest absolute Gasteiger partial charge is 0.255 e. The molecule has 4 N–H and O–H groups in total. The summed E-state index contributed by atoms with van der Waals surface area (Å²) in [6, 6.07) is 4.77. The van der Waals surface area contributed by atoms with Gasteiger partial charge >= 0.3 is 0 Å². The number of nitrogens with one attached hydrogen (secondary N) is 2. The Balaban J connectivity index is 2.35. The topological polar surface area (TPSA) is 114 Å². The molecule has 0 fully saturated rings. The second-order valence-corrected chi connectivity index (χ2v) is 6.24. The van der Waals surface area contributed by atoms with E-state index in [2.05, 4.69) is 10.3 Å². The van der Waals surface area contributed by atoms with Crippen LogP contribution < -0.4 is 16.6 Å². The molecule has 7 heteroatoms. The fourth-order valence-electron chi connectivity index (χ4n) is 2.31. The van der Waals surface area contributed by atoms with Crippen molar-refractivity contribution in [1.82, 2.24) is 4.98 Å². The van der Waals surface area contributed by atoms with Crippen molar-refractivity contribution >= 4 is 28.3 Å². The van der Waals surface area contributed by atoms with Gasteiger partial charge in [-0.05, 0) is 18.6 Å². The molecule has 0 saturated heterocycles. The van der Waals surface area contributed by atoms with E-state index >= 15 is 0 Å². The molecular weight excluding hydrogens is 310 g/mol. The van der Waals surface area contributed by atoms with E-state index in [0.29, 0.717) is 29.5 Å². The quantitative estimate of drug-likeness (QED) is 0.746. The van der Waals surface area contributed by atoms with E-state index in [0.717, 1.165) is 0 Å². The SMILES string of the molecule is COCCC(C)(C)C(=O)Nc1ccc2c(C(N)=O)c[nH]c(=O)c2c1. The van der Waals surface area contributed by atoms with Crippen molar-refractivity contribution < 1.29 is 14.3 Å². The molecule has 1 aromatic heterocycles. The molecule has 24 heavy (non-hydrogen) atoms. The first-order valence-electron chi connectivity index (χ1n) is 7.52. The predicted molar refractivity (Wildman–Crippen MR) is 92.0 cm³/mol. The Morgan fingerprint density at radius 1 is 1.29 bits per heavy atom. The number of methoxy groups -OCH3 is 1. The number of ether oxygens (including phenoxy) is 1. The van der Waals surface area contributed by atoms with E-state index in [9.17, 15) is 14.4 Å². The van der Waals surface area contributed by atoms with Crippen LogP contribution >= 0.6 is 0 Å². The third-order valence-electron chi connectivity index (χ3n) is 3.97. The van der Waals surface area contributed by atoms with Crippen LogP contribution in [0, 0.1) is 5.41 Å². The van der Waals surface area contributed by atoms with Gasteiger partial charge in [-0.2, -0.15) is 0 Å². The summed E-state index contributed by atoms with van der Waals surface area (Å²) in [6.07, 6.45) is 1.86. The molecule has 0 radical (unpaired) electrons. The number of carbonyl (C=O) groups excluding carboxylic acids is 2. The number of fused-ring (bicyclic) bond motifs is 1. The molecule has 1 aromatic carbocycles. The molecule has 0 saturated carbocycles. The number of pyridine rings is 1. The predicted octanol–water partition coefficient (Wildman–Crippen LogP) is 1.63. The minimum atomic E-state index is -0.631. The number of aromatic amines is 1. The lowest BCUT2D eigenvalue weighted by atomic mass is 9.88. The second kappa shape index (κ2) is 6.84. The molecule has 0 unspecified atom stereocenters. The number of anilines is 1. The highest BCUT2D eigenvalue weighted by Crippen LogP contribution is 2.24. The highest BCUT2D eigenvalue weighted by Gasteiger charge is 2.27. The van der Waals surface area contributed by atoms with Crippen LogP contribution in [0.2, 0.25) is 0 Å². The molecule has 0 atom stereocenters. The van der Waals surface area contributed by atoms with Crippen LogP contribution in [0.5, 0.6) is 0 Å². The zero-order chi connectivity index (χ0) is 17.9. The zero-order valence-electron chi connectivity index (χ0n) is 13.9. The van der Waals surface area contributed by atoms with Crippen LogP contribution in [0.3, 0.4) is 0 Å². The number of primary amides is 1. The Morgan fingerprint density at radius 3 is 2.62 bits per heavy atom. The molecule has 2 aromatic rings. The van der Waals surface area contributed by atoms with Gasteiger partial charge in [0.2, 0.25) is 5.91 Å². The summed E-state index contributed by atoms with van der Waals surface area (Å²) >= 11 is 0. The standard InChI is InChI=1S/C17H21N3O4/c1-17(2,6-7-24-3)16(23)20-10-4-5-11-12(8-10)15(22)19-9-13(11)14(18)21/h4-5,8-9H,6-7H2,1-3H3,(H2,18,21)(H,19,22)(H,20,23). The first-order chi connectivity index (χ1) is 11.3. The van der Waals surface area contributed by atoms with Crippen molar-refractivity contribution in [3.63, 3.8) is 0 Å². The minimum absolute atomic E-state index is 0.179. The van der Waals surface area contributed by atoms with Crippen LogP contribution in [0.4, 0.5) is 5.69 Å². The third kappa shape index (κ3) is 3.62. The second-order valence-electron chi connectivity index (χ2n) is 6.24. The lowest BCUT2D eigenvalue weighted by Crippen LogP contribution is -2.31. The van der Waals surface area contributed by atoms with Gasteiger partial charge in [-0.25, -0.2) is 0 Å². The highest BCUT2D eigenvalue weighted by molar-refractivity contribution is 6.07. The fraction of sp³-hybridized carbons (Fsp3) is 0.353. The van der Waals surface area contributed by atoms with Crippen LogP contribution in [-0.2, 0) is 9.53 Å². The monoisotopic (exact) mass is 331 g/mol. The van der Waals surface area contributed by atoms with Gasteiger partial charge in [-0.3, -0.25) is 14.4 Å². The summed E-state index contributed by atoms with van der Waals surface area (Å²) in [6.45, 7) is 4.11. The molecule has 1 heterocycles.